The van der Waals surface area contributed by atoms with Crippen molar-refractivity contribution in [3.8, 4) is 0 Å². The molecule has 0 fully saturated rings. The third-order valence-electron chi connectivity index (χ3n) is 2.38. The van der Waals surface area contributed by atoms with E-state index in [9.17, 15) is 8.78 Å². The maximum Gasteiger partial charge on any atom is 0.253 e. The fraction of sp³-hybridized carbons (Fsp3) is 0.167. The Labute approximate surface area is 109 Å². The van der Waals surface area contributed by atoms with Crippen molar-refractivity contribution in [1.29, 1.82) is 0 Å². The number of rotatable bonds is 2. The minimum atomic E-state index is -2.23. The zero-order valence-electron chi connectivity index (χ0n) is 8.13. The molecule has 0 radical (unpaired) electrons. The number of hydrogen-bond donors (Lipinski definition) is 0. The van der Waals surface area contributed by atoms with E-state index >= 15 is 0 Å². The highest BCUT2D eigenvalue weighted by Gasteiger charge is 2.35. The Kier molecular flexibility index (Phi) is 3.31. The predicted octanol–water partition coefficient (Wildman–Crippen LogP) is 5.26. The van der Waals surface area contributed by atoms with E-state index in [4.69, 9.17) is 0 Å². The van der Waals surface area contributed by atoms with Crippen LogP contribution in [0.4, 0.5) is 8.78 Å². The summed E-state index contributed by atoms with van der Waals surface area (Å²) >= 11 is 5.28. The Balaban J connectivity index is 2.61. The molecule has 84 valence electrons. The van der Waals surface area contributed by atoms with Crippen LogP contribution in [-0.2, 0) is 0 Å². The number of halogens is 4. The Morgan fingerprint density at radius 3 is 2.31 bits per heavy atom. The second-order valence-electron chi connectivity index (χ2n) is 3.47. The van der Waals surface area contributed by atoms with Crippen molar-refractivity contribution >= 4 is 42.6 Å². The molecule has 2 rings (SSSR count). The molecule has 16 heavy (non-hydrogen) atoms. The fourth-order valence-electron chi connectivity index (χ4n) is 1.65. The van der Waals surface area contributed by atoms with Gasteiger partial charge in [-0.2, -0.15) is 0 Å². The molecule has 0 N–H and O–H groups in total. The van der Waals surface area contributed by atoms with Gasteiger partial charge in [0.15, 0.2) is 6.17 Å². The second-order valence-corrected chi connectivity index (χ2v) is 6.84. The predicted molar refractivity (Wildman–Crippen MR) is 69.5 cm³/mol. The van der Waals surface area contributed by atoms with E-state index in [1.807, 2.05) is 18.2 Å². The highest BCUT2D eigenvalue weighted by molar-refractivity contribution is 9.25. The van der Waals surface area contributed by atoms with Crippen molar-refractivity contribution in [3.05, 3.63) is 48.0 Å². The molecule has 0 heterocycles. The first-order valence-corrected chi connectivity index (χ1v) is 6.27. The van der Waals surface area contributed by atoms with E-state index in [-0.39, 0.29) is 0 Å². The van der Waals surface area contributed by atoms with Gasteiger partial charge in [0.2, 0.25) is 0 Å². The zero-order chi connectivity index (χ0) is 11.8. The van der Waals surface area contributed by atoms with Gasteiger partial charge in [-0.25, -0.2) is 8.78 Å². The standard InChI is InChI=1S/C12H8Br2F2/c13-12(14,16)11(15)10-7-3-5-8-4-1-2-6-9(8)10/h1-7,11H. The minimum Gasteiger partial charge on any atom is -0.237 e. The molecule has 0 nitrogen and oxygen atoms in total. The molecule has 0 saturated carbocycles. The molecule has 0 aromatic heterocycles. The minimum absolute atomic E-state index is 0.328. The van der Waals surface area contributed by atoms with Gasteiger partial charge < -0.3 is 0 Å². The van der Waals surface area contributed by atoms with Crippen LogP contribution in [0.2, 0.25) is 0 Å². The van der Waals surface area contributed by atoms with E-state index in [0.29, 0.717) is 5.56 Å². The van der Waals surface area contributed by atoms with Crippen LogP contribution in [0.15, 0.2) is 42.5 Å². The van der Waals surface area contributed by atoms with E-state index in [0.717, 1.165) is 10.8 Å². The van der Waals surface area contributed by atoms with Gasteiger partial charge in [-0.3, -0.25) is 0 Å². The lowest BCUT2D eigenvalue weighted by Crippen LogP contribution is -2.12. The third-order valence-corrected chi connectivity index (χ3v) is 3.19. The normalized spacial score (nSPS) is 14.0. The van der Waals surface area contributed by atoms with Gasteiger partial charge in [-0.05, 0) is 48.2 Å². The zero-order valence-corrected chi connectivity index (χ0v) is 11.3. The van der Waals surface area contributed by atoms with E-state index < -0.39 is 9.66 Å². The largest absolute Gasteiger partial charge is 0.253 e. The molecular weight excluding hydrogens is 342 g/mol. The summed E-state index contributed by atoms with van der Waals surface area (Å²) in [5.74, 6) is 0. The maximum absolute atomic E-state index is 13.9. The van der Waals surface area contributed by atoms with Crippen LogP contribution >= 0.6 is 31.9 Å². The van der Waals surface area contributed by atoms with Crippen LogP contribution in [0.3, 0.4) is 0 Å². The van der Waals surface area contributed by atoms with Crippen molar-refractivity contribution < 1.29 is 8.78 Å². The quantitative estimate of drug-likeness (QED) is 0.648. The summed E-state index contributed by atoms with van der Waals surface area (Å²) < 4.78 is 25.1. The lowest BCUT2D eigenvalue weighted by molar-refractivity contribution is 0.226. The lowest BCUT2D eigenvalue weighted by atomic mass is 10.0. The van der Waals surface area contributed by atoms with E-state index in [1.54, 1.807) is 24.3 Å². The summed E-state index contributed by atoms with van der Waals surface area (Å²) in [5, 5.41) is 1.62. The first kappa shape index (κ1) is 12.0. The first-order chi connectivity index (χ1) is 7.50. The highest BCUT2D eigenvalue weighted by atomic mass is 79.9. The summed E-state index contributed by atoms with van der Waals surface area (Å²) in [6.45, 7) is 0. The van der Waals surface area contributed by atoms with Crippen molar-refractivity contribution in [1.82, 2.24) is 0 Å². The molecule has 0 aliphatic rings. The first-order valence-electron chi connectivity index (χ1n) is 4.68. The molecule has 0 saturated heterocycles. The van der Waals surface area contributed by atoms with Gasteiger partial charge in [-0.15, -0.1) is 0 Å². The Hall–Kier alpha value is -0.480. The van der Waals surface area contributed by atoms with E-state index in [1.165, 1.54) is 0 Å². The second kappa shape index (κ2) is 4.41. The summed E-state index contributed by atoms with van der Waals surface area (Å²) in [6.07, 6.45) is -1.77. The molecule has 1 unspecified atom stereocenters. The topological polar surface area (TPSA) is 0 Å². The Morgan fingerprint density at radius 2 is 1.62 bits per heavy atom. The third kappa shape index (κ3) is 2.28. The van der Waals surface area contributed by atoms with Gasteiger partial charge >= 0.3 is 0 Å². The number of benzene rings is 2. The van der Waals surface area contributed by atoms with Gasteiger partial charge in [0.25, 0.3) is 3.49 Å². The molecule has 0 aliphatic carbocycles. The molecule has 4 heteroatoms. The molecule has 2 aromatic rings. The molecular formula is C12H8Br2F2. The van der Waals surface area contributed by atoms with Crippen LogP contribution in [0.1, 0.15) is 11.7 Å². The van der Waals surface area contributed by atoms with Gasteiger partial charge in [-0.1, -0.05) is 42.5 Å². The Morgan fingerprint density at radius 1 is 1.00 bits per heavy atom. The molecule has 0 spiro atoms. The fourth-order valence-corrected chi connectivity index (χ4v) is 2.14. The summed E-state index contributed by atoms with van der Waals surface area (Å²) in [7, 11) is 0. The summed E-state index contributed by atoms with van der Waals surface area (Å²) in [4.78, 5) is 0. The van der Waals surface area contributed by atoms with Crippen molar-refractivity contribution in [3.63, 3.8) is 0 Å². The highest BCUT2D eigenvalue weighted by Crippen LogP contribution is 2.45. The number of alkyl halides is 4. The summed E-state index contributed by atoms with van der Waals surface area (Å²) in [5.41, 5.74) is 0.328. The van der Waals surface area contributed by atoms with Gasteiger partial charge in [0, 0.05) is 0 Å². The Bertz CT molecular complexity index is 500. The van der Waals surface area contributed by atoms with Crippen LogP contribution in [-0.4, -0.2) is 3.49 Å². The smallest absolute Gasteiger partial charge is 0.237 e. The molecule has 0 aliphatic heterocycles. The SMILES string of the molecule is FC(c1cccc2ccccc12)C(F)(Br)Br. The van der Waals surface area contributed by atoms with Gasteiger partial charge in [0.05, 0.1) is 0 Å². The molecule has 0 amide bonds. The average Bonchev–Trinajstić information content (AvgIpc) is 2.26. The van der Waals surface area contributed by atoms with Crippen LogP contribution in [0.5, 0.6) is 0 Å². The molecule has 1 atom stereocenters. The monoisotopic (exact) mass is 348 g/mol. The van der Waals surface area contributed by atoms with Crippen LogP contribution in [0, 0.1) is 0 Å². The maximum atomic E-state index is 13.9. The number of fused-ring (bicyclic) bond motifs is 1. The van der Waals surface area contributed by atoms with Gasteiger partial charge in [0.1, 0.15) is 0 Å². The van der Waals surface area contributed by atoms with Crippen LogP contribution < -0.4 is 0 Å². The molecule has 0 bridgehead atoms. The van der Waals surface area contributed by atoms with E-state index in [2.05, 4.69) is 31.9 Å². The number of hydrogen-bond acceptors (Lipinski definition) is 0. The lowest BCUT2D eigenvalue weighted by Gasteiger charge is -2.17. The van der Waals surface area contributed by atoms with Crippen molar-refractivity contribution in [2.24, 2.45) is 0 Å². The average molecular weight is 350 g/mol. The van der Waals surface area contributed by atoms with Crippen molar-refractivity contribution in [2.45, 2.75) is 9.66 Å². The molecule has 2 aromatic carbocycles. The summed E-state index contributed by atoms with van der Waals surface area (Å²) in [6, 6.07) is 12.5. The van der Waals surface area contributed by atoms with Crippen LogP contribution in [0.25, 0.3) is 10.8 Å². The van der Waals surface area contributed by atoms with Crippen molar-refractivity contribution in [2.75, 3.05) is 0 Å².